The molecule has 1 N–H and O–H groups in total. The Bertz CT molecular complexity index is 447. The molecular weight excluding hydrogens is 276 g/mol. The molecule has 1 amide bonds. The van der Waals surface area contributed by atoms with E-state index in [0.717, 1.165) is 25.8 Å². The van der Waals surface area contributed by atoms with E-state index in [2.05, 4.69) is 11.4 Å². The monoisotopic (exact) mass is 296 g/mol. The maximum absolute atomic E-state index is 11.9. The smallest absolute Gasteiger partial charge is 0.323 e. The summed E-state index contributed by atoms with van der Waals surface area (Å²) in [5.41, 5.74) is 0. The normalized spacial score (nSPS) is 18.9. The van der Waals surface area contributed by atoms with Crippen molar-refractivity contribution in [2.45, 2.75) is 25.3 Å². The van der Waals surface area contributed by atoms with Gasteiger partial charge in [0.15, 0.2) is 0 Å². The summed E-state index contributed by atoms with van der Waals surface area (Å²) >= 11 is 1.69. The molecule has 1 unspecified atom stereocenters. The first-order valence-corrected chi connectivity index (χ1v) is 7.69. The third-order valence-electron chi connectivity index (χ3n) is 3.46. The number of thiophene rings is 1. The first-order chi connectivity index (χ1) is 9.70. The van der Waals surface area contributed by atoms with Crippen molar-refractivity contribution in [3.8, 4) is 0 Å². The van der Waals surface area contributed by atoms with Gasteiger partial charge in [0.1, 0.15) is 6.04 Å². The van der Waals surface area contributed by atoms with Crippen LogP contribution in [0.25, 0.3) is 0 Å². The molecule has 6 heteroatoms. The summed E-state index contributed by atoms with van der Waals surface area (Å²) in [6, 6.07) is 3.81. The second-order valence-corrected chi connectivity index (χ2v) is 5.86. The molecule has 0 bridgehead atoms. The maximum atomic E-state index is 11.9. The first kappa shape index (κ1) is 15.0. The van der Waals surface area contributed by atoms with Crippen LogP contribution in [0.3, 0.4) is 0 Å². The highest BCUT2D eigenvalue weighted by Gasteiger charge is 2.32. The molecule has 2 heterocycles. The van der Waals surface area contributed by atoms with Crippen LogP contribution in [0.4, 0.5) is 0 Å². The average molecular weight is 296 g/mol. The minimum Gasteiger partial charge on any atom is -0.468 e. The zero-order valence-electron chi connectivity index (χ0n) is 11.6. The van der Waals surface area contributed by atoms with Gasteiger partial charge in [-0.05, 0) is 37.3 Å². The number of amides is 1. The number of rotatable bonds is 6. The van der Waals surface area contributed by atoms with Crippen LogP contribution in [0.5, 0.6) is 0 Å². The largest absolute Gasteiger partial charge is 0.468 e. The van der Waals surface area contributed by atoms with Gasteiger partial charge < -0.3 is 10.1 Å². The number of nitrogens with one attached hydrogen (secondary N) is 1. The topological polar surface area (TPSA) is 58.6 Å². The van der Waals surface area contributed by atoms with Crippen LogP contribution in [0.1, 0.15) is 17.7 Å². The van der Waals surface area contributed by atoms with Crippen molar-refractivity contribution in [1.29, 1.82) is 0 Å². The number of likely N-dealkylation sites (tertiary alicyclic amines) is 1. The summed E-state index contributed by atoms with van der Waals surface area (Å²) in [7, 11) is 1.39. The van der Waals surface area contributed by atoms with Gasteiger partial charge in [0.05, 0.1) is 13.7 Å². The number of carbonyl (C=O) groups is 2. The molecule has 1 aromatic heterocycles. The zero-order valence-corrected chi connectivity index (χ0v) is 12.4. The molecule has 1 aliphatic rings. The highest BCUT2D eigenvalue weighted by atomic mass is 32.1. The molecular formula is C14H20N2O3S. The maximum Gasteiger partial charge on any atom is 0.323 e. The molecule has 5 nitrogen and oxygen atoms in total. The van der Waals surface area contributed by atoms with Crippen LogP contribution in [0.2, 0.25) is 0 Å². The molecule has 0 aromatic carbocycles. The molecule has 1 fully saturated rings. The van der Waals surface area contributed by atoms with Crippen molar-refractivity contribution in [1.82, 2.24) is 10.2 Å². The number of methoxy groups -OCH3 is 1. The lowest BCUT2D eigenvalue weighted by Crippen LogP contribution is -2.43. The molecule has 0 saturated carbocycles. The Balaban J connectivity index is 1.72. The molecule has 1 aromatic rings. The fraction of sp³-hybridized carbons (Fsp3) is 0.571. The fourth-order valence-corrected chi connectivity index (χ4v) is 3.15. The second-order valence-electron chi connectivity index (χ2n) is 4.83. The van der Waals surface area contributed by atoms with E-state index in [4.69, 9.17) is 4.74 Å². The van der Waals surface area contributed by atoms with E-state index in [1.165, 1.54) is 12.0 Å². The van der Waals surface area contributed by atoms with E-state index in [-0.39, 0.29) is 24.5 Å². The summed E-state index contributed by atoms with van der Waals surface area (Å²) < 4.78 is 4.77. The van der Waals surface area contributed by atoms with Gasteiger partial charge >= 0.3 is 5.97 Å². The van der Waals surface area contributed by atoms with Gasteiger partial charge in [-0.3, -0.25) is 14.5 Å². The second kappa shape index (κ2) is 7.40. The highest BCUT2D eigenvalue weighted by molar-refractivity contribution is 7.09. The first-order valence-electron chi connectivity index (χ1n) is 6.81. The summed E-state index contributed by atoms with van der Waals surface area (Å²) in [5, 5.41) is 4.93. The molecule has 0 aliphatic carbocycles. The third kappa shape index (κ3) is 4.05. The number of hydrogen-bond donors (Lipinski definition) is 1. The minimum atomic E-state index is -0.261. The standard InChI is InChI=1S/C14H20N2O3S/c1-19-14(18)12-5-2-8-16(12)10-13(17)15-7-6-11-4-3-9-20-11/h3-4,9,12H,2,5-8,10H2,1H3,(H,15,17). The Kier molecular flexibility index (Phi) is 5.55. The Hall–Kier alpha value is -1.40. The Morgan fingerprint density at radius 1 is 1.55 bits per heavy atom. The Morgan fingerprint density at radius 2 is 2.40 bits per heavy atom. The number of nitrogens with zero attached hydrogens (tertiary/aromatic N) is 1. The molecule has 1 saturated heterocycles. The molecule has 0 spiro atoms. The summed E-state index contributed by atoms with van der Waals surface area (Å²) in [5.74, 6) is -0.272. The summed E-state index contributed by atoms with van der Waals surface area (Å²) in [4.78, 5) is 26.6. The SMILES string of the molecule is COC(=O)C1CCCN1CC(=O)NCCc1cccs1. The minimum absolute atomic E-state index is 0.0302. The highest BCUT2D eigenvalue weighted by Crippen LogP contribution is 2.17. The molecule has 0 radical (unpaired) electrons. The quantitative estimate of drug-likeness (QED) is 0.797. The van der Waals surface area contributed by atoms with E-state index in [9.17, 15) is 9.59 Å². The predicted octanol–water partition coefficient (Wildman–Crippen LogP) is 1.04. The molecule has 1 aliphatic heterocycles. The van der Waals surface area contributed by atoms with E-state index >= 15 is 0 Å². The van der Waals surface area contributed by atoms with E-state index in [1.807, 2.05) is 16.3 Å². The van der Waals surface area contributed by atoms with Gasteiger partial charge in [-0.1, -0.05) is 6.07 Å². The number of hydrogen-bond acceptors (Lipinski definition) is 5. The van der Waals surface area contributed by atoms with Crippen molar-refractivity contribution in [3.63, 3.8) is 0 Å². The van der Waals surface area contributed by atoms with Gasteiger partial charge in [-0.15, -0.1) is 11.3 Å². The van der Waals surface area contributed by atoms with Crippen LogP contribution in [-0.4, -0.2) is 49.6 Å². The van der Waals surface area contributed by atoms with Gasteiger partial charge in [0.2, 0.25) is 5.91 Å². The van der Waals surface area contributed by atoms with Crippen LogP contribution in [0.15, 0.2) is 17.5 Å². The molecule has 110 valence electrons. The van der Waals surface area contributed by atoms with Gasteiger partial charge in [-0.25, -0.2) is 0 Å². The third-order valence-corrected chi connectivity index (χ3v) is 4.39. The summed E-state index contributed by atoms with van der Waals surface area (Å²) in [6.07, 6.45) is 2.56. The van der Waals surface area contributed by atoms with Crippen LogP contribution < -0.4 is 5.32 Å². The van der Waals surface area contributed by atoms with Crippen molar-refractivity contribution < 1.29 is 14.3 Å². The number of esters is 1. The van der Waals surface area contributed by atoms with Gasteiger partial charge in [0, 0.05) is 11.4 Å². The van der Waals surface area contributed by atoms with E-state index < -0.39 is 0 Å². The number of ether oxygens (including phenoxy) is 1. The van der Waals surface area contributed by atoms with Crippen molar-refractivity contribution in [2.75, 3.05) is 26.7 Å². The lowest BCUT2D eigenvalue weighted by molar-refractivity contribution is -0.146. The molecule has 2 rings (SSSR count). The van der Waals surface area contributed by atoms with Gasteiger partial charge in [0.25, 0.3) is 0 Å². The fourth-order valence-electron chi connectivity index (χ4n) is 2.44. The predicted molar refractivity (Wildman–Crippen MR) is 77.6 cm³/mol. The average Bonchev–Trinajstić information content (AvgIpc) is 3.09. The van der Waals surface area contributed by atoms with Crippen LogP contribution in [0, 0.1) is 0 Å². The summed E-state index contributed by atoms with van der Waals surface area (Å²) in [6.45, 7) is 1.68. The van der Waals surface area contributed by atoms with E-state index in [1.54, 1.807) is 11.3 Å². The Morgan fingerprint density at radius 3 is 3.10 bits per heavy atom. The molecule has 20 heavy (non-hydrogen) atoms. The van der Waals surface area contributed by atoms with Gasteiger partial charge in [-0.2, -0.15) is 0 Å². The van der Waals surface area contributed by atoms with E-state index in [0.29, 0.717) is 6.54 Å². The van der Waals surface area contributed by atoms with Crippen LogP contribution >= 0.6 is 11.3 Å². The zero-order chi connectivity index (χ0) is 14.4. The van der Waals surface area contributed by atoms with Crippen molar-refractivity contribution in [3.05, 3.63) is 22.4 Å². The lowest BCUT2D eigenvalue weighted by atomic mass is 10.2. The van der Waals surface area contributed by atoms with Crippen molar-refractivity contribution >= 4 is 23.2 Å². The van der Waals surface area contributed by atoms with Crippen LogP contribution in [-0.2, 0) is 20.7 Å². The Labute approximate surface area is 122 Å². The molecule has 1 atom stereocenters. The lowest BCUT2D eigenvalue weighted by Gasteiger charge is -2.21. The van der Waals surface area contributed by atoms with Crippen molar-refractivity contribution in [2.24, 2.45) is 0 Å². The number of carbonyl (C=O) groups excluding carboxylic acids is 2.